The van der Waals surface area contributed by atoms with Gasteiger partial charge < -0.3 is 5.32 Å². The van der Waals surface area contributed by atoms with Gasteiger partial charge in [0, 0.05) is 18.4 Å². The lowest BCUT2D eigenvalue weighted by Gasteiger charge is -2.22. The van der Waals surface area contributed by atoms with Crippen molar-refractivity contribution in [3.8, 4) is 0 Å². The van der Waals surface area contributed by atoms with E-state index in [1.54, 1.807) is 26.0 Å². The second kappa shape index (κ2) is 5.10. The van der Waals surface area contributed by atoms with Crippen molar-refractivity contribution < 1.29 is 13.2 Å². The van der Waals surface area contributed by atoms with Crippen molar-refractivity contribution in [2.75, 3.05) is 12.8 Å². The number of hydrogen-bond donors (Lipinski definition) is 1. The van der Waals surface area contributed by atoms with Gasteiger partial charge in [0.2, 0.25) is 0 Å². The van der Waals surface area contributed by atoms with Gasteiger partial charge in [-0.05, 0) is 32.4 Å². The molecule has 0 saturated carbocycles. The summed E-state index contributed by atoms with van der Waals surface area (Å²) >= 11 is 0. The molecule has 0 saturated heterocycles. The van der Waals surface area contributed by atoms with Crippen molar-refractivity contribution in [2.24, 2.45) is 0 Å². The maximum Gasteiger partial charge on any atom is 0.251 e. The van der Waals surface area contributed by atoms with E-state index < -0.39 is 14.6 Å². The third-order valence-electron chi connectivity index (χ3n) is 3.07. The summed E-state index contributed by atoms with van der Waals surface area (Å²) in [6, 6.07) is 7.20. The second-order valence-corrected chi connectivity index (χ2v) is 7.68. The first kappa shape index (κ1) is 14.7. The van der Waals surface area contributed by atoms with Crippen LogP contribution in [0, 0.1) is 6.92 Å². The molecule has 0 atom stereocenters. The molecule has 0 aromatic heterocycles. The lowest BCUT2D eigenvalue weighted by atomic mass is 10.1. The molecule has 0 heterocycles. The number of aryl methyl sites for hydroxylation is 1. The molecule has 1 N–H and O–H groups in total. The Morgan fingerprint density at radius 1 is 1.28 bits per heavy atom. The summed E-state index contributed by atoms with van der Waals surface area (Å²) in [4.78, 5) is 11.9. The van der Waals surface area contributed by atoms with E-state index in [0.717, 1.165) is 5.56 Å². The number of nitrogens with one attached hydrogen (secondary N) is 1. The molecule has 1 aromatic carbocycles. The van der Waals surface area contributed by atoms with Crippen LogP contribution in [0.2, 0.25) is 0 Å². The molecule has 0 unspecified atom stereocenters. The Morgan fingerprint density at radius 2 is 1.83 bits per heavy atom. The third kappa shape index (κ3) is 3.32. The Kier molecular flexibility index (Phi) is 4.16. The second-order valence-electron chi connectivity index (χ2n) is 5.03. The molecule has 1 amide bonds. The first-order valence-corrected chi connectivity index (χ1v) is 7.58. The zero-order valence-electron chi connectivity index (χ0n) is 11.1. The van der Waals surface area contributed by atoms with Crippen LogP contribution in [0.15, 0.2) is 24.3 Å². The Hall–Kier alpha value is -1.36. The number of rotatable bonds is 4. The van der Waals surface area contributed by atoms with Gasteiger partial charge in [-0.25, -0.2) is 8.42 Å². The van der Waals surface area contributed by atoms with Gasteiger partial charge in [0.15, 0.2) is 9.84 Å². The van der Waals surface area contributed by atoms with E-state index >= 15 is 0 Å². The molecule has 18 heavy (non-hydrogen) atoms. The predicted octanol–water partition coefficient (Wildman–Crippen LogP) is 1.55. The lowest BCUT2D eigenvalue weighted by molar-refractivity contribution is 0.0950. The largest absolute Gasteiger partial charge is 0.350 e. The molecule has 0 bridgehead atoms. The van der Waals surface area contributed by atoms with E-state index in [2.05, 4.69) is 5.32 Å². The molecule has 0 aliphatic heterocycles. The summed E-state index contributed by atoms with van der Waals surface area (Å²) < 4.78 is 22.1. The Balaban J connectivity index is 2.77. The topological polar surface area (TPSA) is 63.2 Å². The summed E-state index contributed by atoms with van der Waals surface area (Å²) in [5.41, 5.74) is 1.44. The summed E-state index contributed by atoms with van der Waals surface area (Å²) in [6.45, 7) is 5.14. The molecular formula is C13H19NO3S. The van der Waals surface area contributed by atoms with Crippen molar-refractivity contribution >= 4 is 15.7 Å². The fourth-order valence-electron chi connectivity index (χ4n) is 1.35. The lowest BCUT2D eigenvalue weighted by Crippen LogP contribution is -2.43. The van der Waals surface area contributed by atoms with Gasteiger partial charge in [-0.15, -0.1) is 0 Å². The van der Waals surface area contributed by atoms with Crippen molar-refractivity contribution in [2.45, 2.75) is 25.5 Å². The Labute approximate surface area is 108 Å². The highest BCUT2D eigenvalue weighted by Crippen LogP contribution is 2.14. The van der Waals surface area contributed by atoms with Crippen LogP contribution in [0.5, 0.6) is 0 Å². The summed E-state index contributed by atoms with van der Waals surface area (Å²) in [7, 11) is -3.21. The number of amides is 1. The van der Waals surface area contributed by atoms with Crippen molar-refractivity contribution in [3.05, 3.63) is 35.4 Å². The molecule has 100 valence electrons. The van der Waals surface area contributed by atoms with Gasteiger partial charge in [0.25, 0.3) is 5.91 Å². The van der Waals surface area contributed by atoms with E-state index in [1.165, 1.54) is 6.26 Å². The number of sulfone groups is 1. The van der Waals surface area contributed by atoms with E-state index in [4.69, 9.17) is 0 Å². The molecule has 0 radical (unpaired) electrons. The molecule has 0 aliphatic rings. The Morgan fingerprint density at radius 3 is 2.33 bits per heavy atom. The highest BCUT2D eigenvalue weighted by molar-refractivity contribution is 7.92. The fraction of sp³-hybridized carbons (Fsp3) is 0.462. The highest BCUT2D eigenvalue weighted by Gasteiger charge is 2.30. The maximum atomic E-state index is 11.9. The smallest absolute Gasteiger partial charge is 0.251 e. The number of hydrogen-bond acceptors (Lipinski definition) is 3. The molecule has 0 aliphatic carbocycles. The van der Waals surface area contributed by atoms with Gasteiger partial charge in [0.05, 0.1) is 4.75 Å². The molecule has 1 rings (SSSR count). The minimum atomic E-state index is -3.21. The zero-order valence-corrected chi connectivity index (χ0v) is 12.0. The van der Waals surface area contributed by atoms with Crippen molar-refractivity contribution in [1.29, 1.82) is 0 Å². The number of carbonyl (C=O) groups is 1. The van der Waals surface area contributed by atoms with E-state index in [9.17, 15) is 13.2 Å². The first-order chi connectivity index (χ1) is 8.15. The van der Waals surface area contributed by atoms with Gasteiger partial charge in [-0.3, -0.25) is 4.79 Å². The van der Waals surface area contributed by atoms with Gasteiger partial charge >= 0.3 is 0 Å². The average Bonchev–Trinajstić information content (AvgIpc) is 2.25. The van der Waals surface area contributed by atoms with Crippen LogP contribution in [0.4, 0.5) is 0 Å². The standard InChI is InChI=1S/C13H19NO3S/c1-10-7-5-6-8-11(10)12(15)14-9-13(2,3)18(4,16)17/h5-8H,9H2,1-4H3,(H,14,15). The van der Waals surface area contributed by atoms with Gasteiger partial charge in [0.1, 0.15) is 0 Å². The molecular weight excluding hydrogens is 250 g/mol. The highest BCUT2D eigenvalue weighted by atomic mass is 32.2. The summed E-state index contributed by atoms with van der Waals surface area (Å²) in [5, 5.41) is 2.67. The van der Waals surface area contributed by atoms with Crippen LogP contribution in [0.3, 0.4) is 0 Å². The van der Waals surface area contributed by atoms with E-state index in [-0.39, 0.29) is 12.5 Å². The normalized spacial score (nSPS) is 12.2. The van der Waals surface area contributed by atoms with Crippen LogP contribution >= 0.6 is 0 Å². The number of carbonyl (C=O) groups excluding carboxylic acids is 1. The number of benzene rings is 1. The van der Waals surface area contributed by atoms with Crippen LogP contribution in [-0.4, -0.2) is 31.9 Å². The summed E-state index contributed by atoms with van der Waals surface area (Å²) in [5.74, 6) is -0.246. The molecule has 4 nitrogen and oxygen atoms in total. The van der Waals surface area contributed by atoms with Crippen LogP contribution in [-0.2, 0) is 9.84 Å². The van der Waals surface area contributed by atoms with Gasteiger partial charge in [-0.2, -0.15) is 0 Å². The average molecular weight is 269 g/mol. The quantitative estimate of drug-likeness (QED) is 0.902. The summed E-state index contributed by atoms with van der Waals surface area (Å²) in [6.07, 6.45) is 1.17. The van der Waals surface area contributed by atoms with Crippen LogP contribution in [0.1, 0.15) is 29.8 Å². The van der Waals surface area contributed by atoms with Crippen molar-refractivity contribution in [3.63, 3.8) is 0 Å². The Bertz CT molecular complexity index is 547. The molecule has 5 heteroatoms. The minimum Gasteiger partial charge on any atom is -0.350 e. The third-order valence-corrected chi connectivity index (χ3v) is 5.22. The van der Waals surface area contributed by atoms with E-state index in [1.807, 2.05) is 19.1 Å². The van der Waals surface area contributed by atoms with Crippen molar-refractivity contribution in [1.82, 2.24) is 5.32 Å². The molecule has 0 fully saturated rings. The van der Waals surface area contributed by atoms with Crippen LogP contribution < -0.4 is 5.32 Å². The first-order valence-electron chi connectivity index (χ1n) is 5.68. The van der Waals surface area contributed by atoms with E-state index in [0.29, 0.717) is 5.56 Å². The SMILES string of the molecule is Cc1ccccc1C(=O)NCC(C)(C)S(C)(=O)=O. The zero-order chi connectivity index (χ0) is 14.0. The fourth-order valence-corrected chi connectivity index (χ4v) is 1.68. The van der Waals surface area contributed by atoms with Gasteiger partial charge in [-0.1, -0.05) is 18.2 Å². The molecule has 0 spiro atoms. The predicted molar refractivity (Wildman–Crippen MR) is 72.4 cm³/mol. The van der Waals surface area contributed by atoms with Crippen LogP contribution in [0.25, 0.3) is 0 Å². The molecule has 1 aromatic rings. The maximum absolute atomic E-state index is 11.9. The minimum absolute atomic E-state index is 0.0962. The monoisotopic (exact) mass is 269 g/mol.